The molecule has 0 aliphatic rings. The smallest absolute Gasteiger partial charge is 0.306 e. The van der Waals surface area contributed by atoms with Crippen LogP contribution in [0.15, 0.2) is 109 Å². The summed E-state index contributed by atoms with van der Waals surface area (Å²) >= 11 is 0. The molecule has 0 N–H and O–H groups in total. The molecular weight excluding hydrogens is 990 g/mol. The first-order valence-electron chi connectivity index (χ1n) is 31.6. The second-order valence-electron chi connectivity index (χ2n) is 22.0. The van der Waals surface area contributed by atoms with Gasteiger partial charge < -0.3 is 27.9 Å². The van der Waals surface area contributed by atoms with Gasteiger partial charge in [-0.25, -0.2) is 0 Å². The van der Waals surface area contributed by atoms with Gasteiger partial charge in [0.25, 0.3) is 7.82 Å². The van der Waals surface area contributed by atoms with Gasteiger partial charge in [-0.15, -0.1) is 0 Å². The third kappa shape index (κ3) is 61.9. The maximum Gasteiger partial charge on any atom is 0.306 e. The van der Waals surface area contributed by atoms with Gasteiger partial charge in [0, 0.05) is 12.8 Å². The molecule has 9 nitrogen and oxygen atoms in total. The lowest BCUT2D eigenvalue weighted by molar-refractivity contribution is -0.870. The molecule has 2 atom stereocenters. The molecule has 0 radical (unpaired) electrons. The second-order valence-corrected chi connectivity index (χ2v) is 23.4. The molecule has 0 saturated heterocycles. The van der Waals surface area contributed by atoms with Gasteiger partial charge in [-0.3, -0.25) is 14.2 Å². The number of quaternary nitrogens is 1. The van der Waals surface area contributed by atoms with E-state index < -0.39 is 26.5 Å². The summed E-state index contributed by atoms with van der Waals surface area (Å²) in [5.41, 5.74) is 0. The van der Waals surface area contributed by atoms with E-state index in [1.807, 2.05) is 21.1 Å². The molecule has 0 aromatic carbocycles. The number of phosphoric acid groups is 1. The van der Waals surface area contributed by atoms with Crippen LogP contribution in [0.4, 0.5) is 0 Å². The zero-order valence-corrected chi connectivity index (χ0v) is 51.7. The molecule has 0 amide bonds. The molecular formula is C68H118NO8P. The van der Waals surface area contributed by atoms with Gasteiger partial charge in [-0.1, -0.05) is 252 Å². The summed E-state index contributed by atoms with van der Waals surface area (Å²) in [6.07, 6.45) is 81.4. The fourth-order valence-electron chi connectivity index (χ4n) is 8.43. The van der Waals surface area contributed by atoms with Crippen LogP contribution in [0.2, 0.25) is 0 Å². The Morgan fingerprint density at radius 1 is 0.410 bits per heavy atom. The van der Waals surface area contributed by atoms with Gasteiger partial charge >= 0.3 is 11.9 Å². The van der Waals surface area contributed by atoms with Crippen molar-refractivity contribution in [2.75, 3.05) is 47.5 Å². The largest absolute Gasteiger partial charge is 0.756 e. The molecule has 0 bridgehead atoms. The van der Waals surface area contributed by atoms with Crippen molar-refractivity contribution in [1.29, 1.82) is 0 Å². The Morgan fingerprint density at radius 2 is 0.731 bits per heavy atom. The number of hydrogen-bond donors (Lipinski definition) is 0. The number of phosphoric ester groups is 1. The van der Waals surface area contributed by atoms with E-state index in [2.05, 4.69) is 123 Å². The molecule has 0 fully saturated rings. The number of ether oxygens (including phenoxy) is 2. The summed E-state index contributed by atoms with van der Waals surface area (Å²) in [6.45, 7) is 4.12. The topological polar surface area (TPSA) is 111 Å². The molecule has 0 aliphatic carbocycles. The lowest BCUT2D eigenvalue weighted by Crippen LogP contribution is -2.37. The van der Waals surface area contributed by atoms with Crippen LogP contribution in [0.3, 0.4) is 0 Å². The summed E-state index contributed by atoms with van der Waals surface area (Å²) in [6, 6.07) is 0. The van der Waals surface area contributed by atoms with Crippen LogP contribution in [0, 0.1) is 0 Å². The van der Waals surface area contributed by atoms with Crippen molar-refractivity contribution in [2.24, 2.45) is 0 Å². The average Bonchev–Trinajstić information content (AvgIpc) is 3.41. The van der Waals surface area contributed by atoms with Crippen molar-refractivity contribution in [3.63, 3.8) is 0 Å². The van der Waals surface area contributed by atoms with Gasteiger partial charge in [0.1, 0.15) is 19.8 Å². The first-order chi connectivity index (χ1) is 38.0. The average molecular weight is 1110 g/mol. The van der Waals surface area contributed by atoms with Gasteiger partial charge in [-0.05, 0) is 103 Å². The van der Waals surface area contributed by atoms with Crippen LogP contribution in [-0.4, -0.2) is 70.0 Å². The van der Waals surface area contributed by atoms with Crippen molar-refractivity contribution in [3.8, 4) is 0 Å². The van der Waals surface area contributed by atoms with Crippen molar-refractivity contribution < 1.29 is 42.1 Å². The Hall–Kier alpha value is -3.33. The van der Waals surface area contributed by atoms with Gasteiger partial charge in [0.15, 0.2) is 6.10 Å². The van der Waals surface area contributed by atoms with Gasteiger partial charge in [0.05, 0.1) is 27.7 Å². The Bertz CT molecular complexity index is 1680. The highest BCUT2D eigenvalue weighted by atomic mass is 31.2. The summed E-state index contributed by atoms with van der Waals surface area (Å²) in [7, 11) is 1.15. The minimum Gasteiger partial charge on any atom is -0.756 e. The number of likely N-dealkylation sites (N-methyl/N-ethyl adjacent to an activating group) is 1. The Morgan fingerprint density at radius 3 is 1.10 bits per heavy atom. The molecule has 0 aliphatic heterocycles. The van der Waals surface area contributed by atoms with E-state index in [4.69, 9.17) is 18.5 Å². The number of allylic oxidation sites excluding steroid dienone is 18. The molecule has 78 heavy (non-hydrogen) atoms. The Labute approximate surface area is 480 Å². The second kappa shape index (κ2) is 58.3. The summed E-state index contributed by atoms with van der Waals surface area (Å²) < 4.78 is 34.2. The van der Waals surface area contributed by atoms with Crippen molar-refractivity contribution in [1.82, 2.24) is 0 Å². The Kier molecular flexibility index (Phi) is 55.8. The highest BCUT2D eigenvalue weighted by Crippen LogP contribution is 2.38. The molecule has 448 valence electrons. The maximum atomic E-state index is 12.8. The standard InChI is InChI=1S/C68H118NO8P/c1-6-8-10-12-14-16-18-20-22-24-26-27-28-29-30-31-32-33-34-35-36-37-38-39-40-41-43-45-47-49-51-53-55-57-59-61-68(71)77-66(65-76-78(72,73)75-63-62-69(3,4)5)64-74-67(70)60-58-56-54-52-50-48-46-44-42-25-23-21-19-17-15-13-11-9-7-2/h8,10,14,16,20-23,26-27,29-30,32-33,35-36,38-39,66H,6-7,9,11-13,15,17-19,24-25,28,31,34,37,40-65H2,1-5H3/b10-8-,16-14-,22-20-,23-21-,27-26-,30-29-,33-32-,36-35-,39-38-. The van der Waals surface area contributed by atoms with E-state index in [0.29, 0.717) is 17.4 Å². The highest BCUT2D eigenvalue weighted by molar-refractivity contribution is 7.45. The van der Waals surface area contributed by atoms with Crippen molar-refractivity contribution >= 4 is 19.8 Å². The lowest BCUT2D eigenvalue weighted by atomic mass is 10.0. The number of nitrogens with zero attached hydrogens (tertiary/aromatic N) is 1. The minimum atomic E-state index is -4.64. The van der Waals surface area contributed by atoms with Crippen LogP contribution in [0.1, 0.15) is 258 Å². The normalized spacial score (nSPS) is 14.0. The maximum absolute atomic E-state index is 12.8. The predicted molar refractivity (Wildman–Crippen MR) is 332 cm³/mol. The molecule has 0 rings (SSSR count). The van der Waals surface area contributed by atoms with E-state index in [9.17, 15) is 19.0 Å². The summed E-state index contributed by atoms with van der Waals surface area (Å²) in [5.74, 6) is -0.841. The third-order valence-electron chi connectivity index (χ3n) is 13.3. The van der Waals surface area contributed by atoms with Crippen LogP contribution in [0.5, 0.6) is 0 Å². The zero-order valence-electron chi connectivity index (χ0n) is 50.8. The minimum absolute atomic E-state index is 0.0361. The number of carbonyl (C=O) groups is 2. The number of esters is 2. The molecule has 0 saturated carbocycles. The Balaban J connectivity index is 4.13. The van der Waals surface area contributed by atoms with Crippen LogP contribution in [0.25, 0.3) is 0 Å². The van der Waals surface area contributed by atoms with Gasteiger partial charge in [0.2, 0.25) is 0 Å². The fraction of sp³-hybridized carbons (Fsp3) is 0.706. The van der Waals surface area contributed by atoms with E-state index in [-0.39, 0.29) is 32.0 Å². The SMILES string of the molecule is CC/C=C\C/C=C\C/C=C\C/C=C\C/C=C\C/C=C\C/C=C\C/C=C\CCCCCCCCCCCCC(=O)OC(COC(=O)CCCCCCCCCCC/C=C\CCCCCCCC)COP(=O)([O-])OCC[N+](C)(C)C. The highest BCUT2D eigenvalue weighted by Gasteiger charge is 2.22. The van der Waals surface area contributed by atoms with E-state index in [1.165, 1.54) is 128 Å². The van der Waals surface area contributed by atoms with E-state index >= 15 is 0 Å². The first kappa shape index (κ1) is 74.7. The summed E-state index contributed by atoms with van der Waals surface area (Å²) in [4.78, 5) is 37.9. The number of rotatable bonds is 57. The molecule has 0 heterocycles. The third-order valence-corrected chi connectivity index (χ3v) is 14.2. The van der Waals surface area contributed by atoms with Crippen LogP contribution in [-0.2, 0) is 32.7 Å². The lowest BCUT2D eigenvalue weighted by Gasteiger charge is -2.28. The van der Waals surface area contributed by atoms with E-state index in [0.717, 1.165) is 96.3 Å². The van der Waals surface area contributed by atoms with Crippen molar-refractivity contribution in [2.45, 2.75) is 264 Å². The number of carbonyl (C=O) groups excluding carboxylic acids is 2. The molecule has 0 aromatic rings. The van der Waals surface area contributed by atoms with E-state index in [1.54, 1.807) is 0 Å². The number of unbranched alkanes of at least 4 members (excludes halogenated alkanes) is 25. The molecule has 0 spiro atoms. The zero-order chi connectivity index (χ0) is 57.0. The van der Waals surface area contributed by atoms with Crippen LogP contribution >= 0.6 is 7.82 Å². The van der Waals surface area contributed by atoms with Crippen molar-refractivity contribution in [3.05, 3.63) is 109 Å². The first-order valence-corrected chi connectivity index (χ1v) is 33.1. The van der Waals surface area contributed by atoms with Crippen LogP contribution < -0.4 is 4.89 Å². The predicted octanol–water partition coefficient (Wildman–Crippen LogP) is 19.5. The quantitative estimate of drug-likeness (QED) is 0.0195. The molecule has 2 unspecified atom stereocenters. The fourth-order valence-corrected chi connectivity index (χ4v) is 9.16. The molecule has 0 aromatic heterocycles. The monoisotopic (exact) mass is 1110 g/mol. The number of hydrogen-bond acceptors (Lipinski definition) is 8. The summed E-state index contributed by atoms with van der Waals surface area (Å²) in [5, 5.41) is 0. The van der Waals surface area contributed by atoms with Gasteiger partial charge in [-0.2, -0.15) is 0 Å². The molecule has 10 heteroatoms.